The van der Waals surface area contributed by atoms with Crippen LogP contribution in [0.3, 0.4) is 0 Å². The van der Waals surface area contributed by atoms with Crippen molar-refractivity contribution in [1.82, 2.24) is 15.5 Å². The van der Waals surface area contributed by atoms with E-state index in [0.717, 1.165) is 18.4 Å². The van der Waals surface area contributed by atoms with Gasteiger partial charge in [0.15, 0.2) is 11.5 Å². The first-order valence-corrected chi connectivity index (χ1v) is 11.7. The number of amides is 3. The number of urea groups is 1. The molecule has 2 aromatic rings. The van der Waals surface area contributed by atoms with E-state index in [1.54, 1.807) is 31.3 Å². The van der Waals surface area contributed by atoms with Crippen LogP contribution in [-0.4, -0.2) is 50.7 Å². The Bertz CT molecular complexity index is 984. The van der Waals surface area contributed by atoms with Gasteiger partial charge >= 0.3 is 6.03 Å². The average Bonchev–Trinajstić information content (AvgIpc) is 2.86. The standard InChI is InChI=1S/C26H34FN3O4/c1-4-5-11-28-26(32)30-16-20(19-9-10-23(33-2)24(14-19)34-3)13-21(17-30)25(31)29-15-18-7-6-8-22(27)12-18/h6-10,12,14,20-21H,4-5,11,13,15-17H2,1-3H3,(H,28,32)(H,29,31)/t20-,21-/m1/s1. The maximum atomic E-state index is 13.5. The van der Waals surface area contributed by atoms with Crippen LogP contribution < -0.4 is 20.1 Å². The zero-order valence-corrected chi connectivity index (χ0v) is 20.1. The predicted molar refractivity (Wildman–Crippen MR) is 129 cm³/mol. The molecule has 34 heavy (non-hydrogen) atoms. The number of nitrogens with one attached hydrogen (secondary N) is 2. The van der Waals surface area contributed by atoms with Gasteiger partial charge in [-0.2, -0.15) is 0 Å². The van der Waals surface area contributed by atoms with Gasteiger partial charge in [-0.25, -0.2) is 9.18 Å². The van der Waals surface area contributed by atoms with E-state index in [0.29, 0.717) is 43.1 Å². The predicted octanol–water partition coefficient (Wildman–Crippen LogP) is 4.07. The molecule has 1 aliphatic rings. The molecule has 0 spiro atoms. The monoisotopic (exact) mass is 471 g/mol. The van der Waals surface area contributed by atoms with Gasteiger partial charge in [-0.05, 0) is 48.2 Å². The molecule has 7 nitrogen and oxygen atoms in total. The Morgan fingerprint density at radius 2 is 1.85 bits per heavy atom. The minimum atomic E-state index is -0.391. The third-order valence-corrected chi connectivity index (χ3v) is 6.15. The van der Waals surface area contributed by atoms with Crippen molar-refractivity contribution in [1.29, 1.82) is 0 Å². The van der Waals surface area contributed by atoms with Crippen molar-refractivity contribution in [2.24, 2.45) is 5.92 Å². The summed E-state index contributed by atoms with van der Waals surface area (Å²) in [7, 11) is 3.16. The van der Waals surface area contributed by atoms with E-state index in [9.17, 15) is 14.0 Å². The Hall–Kier alpha value is -3.29. The molecule has 1 fully saturated rings. The van der Waals surface area contributed by atoms with Gasteiger partial charge in [0.25, 0.3) is 0 Å². The lowest BCUT2D eigenvalue weighted by Gasteiger charge is -2.37. The molecule has 1 saturated heterocycles. The van der Waals surface area contributed by atoms with Crippen LogP contribution in [0.15, 0.2) is 42.5 Å². The number of carbonyl (C=O) groups is 2. The summed E-state index contributed by atoms with van der Waals surface area (Å²) < 4.78 is 24.3. The fourth-order valence-corrected chi connectivity index (χ4v) is 4.27. The maximum Gasteiger partial charge on any atom is 0.317 e. The number of rotatable bonds is 9. The van der Waals surface area contributed by atoms with Crippen LogP contribution in [0.5, 0.6) is 11.5 Å². The fourth-order valence-electron chi connectivity index (χ4n) is 4.27. The number of carbonyl (C=O) groups excluding carboxylic acids is 2. The number of benzene rings is 2. The van der Waals surface area contributed by atoms with E-state index >= 15 is 0 Å². The summed E-state index contributed by atoms with van der Waals surface area (Å²) in [5.41, 5.74) is 1.67. The first-order valence-electron chi connectivity index (χ1n) is 11.7. The lowest BCUT2D eigenvalue weighted by molar-refractivity contribution is -0.126. The van der Waals surface area contributed by atoms with Gasteiger partial charge in [-0.1, -0.05) is 31.5 Å². The van der Waals surface area contributed by atoms with Crippen molar-refractivity contribution >= 4 is 11.9 Å². The number of hydrogen-bond donors (Lipinski definition) is 2. The third-order valence-electron chi connectivity index (χ3n) is 6.15. The molecule has 0 aromatic heterocycles. The third kappa shape index (κ3) is 6.62. The van der Waals surface area contributed by atoms with Gasteiger partial charge in [0.1, 0.15) is 5.82 Å². The summed E-state index contributed by atoms with van der Waals surface area (Å²) in [5.74, 6) is 0.304. The van der Waals surface area contributed by atoms with Gasteiger partial charge in [0, 0.05) is 32.1 Å². The molecule has 0 unspecified atom stereocenters. The molecule has 1 aliphatic heterocycles. The van der Waals surface area contributed by atoms with Crippen LogP contribution in [0.1, 0.15) is 43.2 Å². The van der Waals surface area contributed by atoms with Gasteiger partial charge in [0.2, 0.25) is 5.91 Å². The molecule has 2 atom stereocenters. The Morgan fingerprint density at radius 3 is 2.56 bits per heavy atom. The number of piperidine rings is 1. The number of nitrogens with zero attached hydrogens (tertiary/aromatic N) is 1. The van der Waals surface area contributed by atoms with Crippen molar-refractivity contribution in [3.8, 4) is 11.5 Å². The van der Waals surface area contributed by atoms with Crippen LogP contribution in [0.2, 0.25) is 0 Å². The van der Waals surface area contributed by atoms with Crippen molar-refractivity contribution < 1.29 is 23.5 Å². The lowest BCUT2D eigenvalue weighted by Crippen LogP contribution is -2.51. The summed E-state index contributed by atoms with van der Waals surface area (Å²) >= 11 is 0. The normalized spacial score (nSPS) is 17.7. The van der Waals surface area contributed by atoms with Crippen LogP contribution >= 0.6 is 0 Å². The van der Waals surface area contributed by atoms with Crippen LogP contribution in [0.4, 0.5) is 9.18 Å². The number of halogens is 1. The molecule has 0 aliphatic carbocycles. The molecule has 3 rings (SSSR count). The summed E-state index contributed by atoms with van der Waals surface area (Å²) in [6.45, 7) is 3.73. The Balaban J connectivity index is 1.76. The Morgan fingerprint density at radius 1 is 1.06 bits per heavy atom. The van der Waals surface area contributed by atoms with Gasteiger partial charge in [-0.3, -0.25) is 4.79 Å². The highest BCUT2D eigenvalue weighted by molar-refractivity contribution is 5.81. The zero-order valence-electron chi connectivity index (χ0n) is 20.1. The second kappa shape index (κ2) is 12.3. The average molecular weight is 472 g/mol. The van der Waals surface area contributed by atoms with E-state index in [4.69, 9.17) is 9.47 Å². The minimum absolute atomic E-state index is 0.0459. The van der Waals surface area contributed by atoms with Crippen LogP contribution in [-0.2, 0) is 11.3 Å². The van der Waals surface area contributed by atoms with Crippen molar-refractivity contribution in [3.05, 3.63) is 59.4 Å². The van der Waals surface area contributed by atoms with E-state index in [1.165, 1.54) is 12.1 Å². The van der Waals surface area contributed by atoms with Gasteiger partial charge in [0.05, 0.1) is 20.1 Å². The smallest absolute Gasteiger partial charge is 0.317 e. The van der Waals surface area contributed by atoms with Crippen molar-refractivity contribution in [2.75, 3.05) is 33.9 Å². The highest BCUT2D eigenvalue weighted by Gasteiger charge is 2.34. The van der Waals surface area contributed by atoms with E-state index < -0.39 is 5.92 Å². The quantitative estimate of drug-likeness (QED) is 0.541. The molecule has 1 heterocycles. The topological polar surface area (TPSA) is 79.9 Å². The molecule has 0 saturated carbocycles. The van der Waals surface area contributed by atoms with E-state index in [2.05, 4.69) is 17.6 Å². The van der Waals surface area contributed by atoms with Crippen LogP contribution in [0, 0.1) is 11.7 Å². The lowest BCUT2D eigenvalue weighted by atomic mass is 9.84. The highest BCUT2D eigenvalue weighted by atomic mass is 19.1. The minimum Gasteiger partial charge on any atom is -0.493 e. The molecule has 2 aromatic carbocycles. The van der Waals surface area contributed by atoms with Crippen molar-refractivity contribution in [2.45, 2.75) is 38.6 Å². The molecular formula is C26H34FN3O4. The molecule has 3 amide bonds. The molecule has 2 N–H and O–H groups in total. The Kier molecular flexibility index (Phi) is 9.13. The molecular weight excluding hydrogens is 437 g/mol. The first-order chi connectivity index (χ1) is 16.4. The second-order valence-electron chi connectivity index (χ2n) is 8.58. The first kappa shape index (κ1) is 25.3. The van der Waals surface area contributed by atoms with Gasteiger partial charge in [-0.15, -0.1) is 0 Å². The zero-order chi connectivity index (χ0) is 24.5. The summed E-state index contributed by atoms with van der Waals surface area (Å²) in [6, 6.07) is 11.7. The fraction of sp³-hybridized carbons (Fsp3) is 0.462. The number of likely N-dealkylation sites (tertiary alicyclic amines) is 1. The van der Waals surface area contributed by atoms with Gasteiger partial charge < -0.3 is 25.0 Å². The van der Waals surface area contributed by atoms with E-state index in [-0.39, 0.29) is 30.2 Å². The van der Waals surface area contributed by atoms with Crippen LogP contribution in [0.25, 0.3) is 0 Å². The Labute approximate surface area is 200 Å². The van der Waals surface area contributed by atoms with E-state index in [1.807, 2.05) is 18.2 Å². The second-order valence-corrected chi connectivity index (χ2v) is 8.58. The number of unbranched alkanes of at least 4 members (excludes halogenated alkanes) is 1. The maximum absolute atomic E-state index is 13.5. The molecule has 184 valence electrons. The largest absolute Gasteiger partial charge is 0.493 e. The number of methoxy groups -OCH3 is 2. The SMILES string of the molecule is CCCCNC(=O)N1C[C@H](C(=O)NCc2cccc(F)c2)C[C@@H](c2ccc(OC)c(OC)c2)C1. The summed E-state index contributed by atoms with van der Waals surface area (Å²) in [5, 5.41) is 5.87. The molecule has 0 radical (unpaired) electrons. The summed E-state index contributed by atoms with van der Waals surface area (Å²) in [6.07, 6.45) is 2.47. The van der Waals surface area contributed by atoms with Crippen molar-refractivity contribution in [3.63, 3.8) is 0 Å². The highest BCUT2D eigenvalue weighted by Crippen LogP contribution is 2.36. The molecule has 8 heteroatoms. The number of ether oxygens (including phenoxy) is 2. The number of hydrogen-bond acceptors (Lipinski definition) is 4. The molecule has 0 bridgehead atoms. The summed E-state index contributed by atoms with van der Waals surface area (Å²) in [4.78, 5) is 27.6.